The van der Waals surface area contributed by atoms with Gasteiger partial charge in [0.1, 0.15) is 0 Å². The highest BCUT2D eigenvalue weighted by Gasteiger charge is 2.42. The summed E-state index contributed by atoms with van der Waals surface area (Å²) in [5, 5.41) is 6.03. The zero-order valence-electron chi connectivity index (χ0n) is 9.63. The number of hydrogen-bond acceptors (Lipinski definition) is 3. The van der Waals surface area contributed by atoms with Gasteiger partial charge in [-0.1, -0.05) is 12.5 Å². The quantitative estimate of drug-likeness (QED) is 0.648. The van der Waals surface area contributed by atoms with E-state index >= 15 is 0 Å². The molecule has 1 aromatic heterocycles. The predicted octanol–water partition coefficient (Wildman–Crippen LogP) is 2.63. The number of fused-ring (bicyclic) bond motifs is 2. The third-order valence-corrected chi connectivity index (χ3v) is 4.79. The minimum atomic E-state index is 0.116. The lowest BCUT2D eigenvalue weighted by Gasteiger charge is -2.19. The van der Waals surface area contributed by atoms with Crippen molar-refractivity contribution >= 4 is 23.5 Å². The minimum Gasteiger partial charge on any atom is -0.273 e. The molecule has 2 aliphatic rings. The molecule has 0 unspecified atom stereocenters. The number of hydrazone groups is 1. The monoisotopic (exact) mass is 248 g/mol. The van der Waals surface area contributed by atoms with Crippen molar-refractivity contribution in [1.29, 1.82) is 0 Å². The van der Waals surface area contributed by atoms with Gasteiger partial charge in [-0.05, 0) is 42.5 Å². The molecule has 1 N–H and O–H groups in total. The summed E-state index contributed by atoms with van der Waals surface area (Å²) in [4.78, 5) is 13.0. The maximum absolute atomic E-state index is 11.9. The molecule has 90 valence electrons. The molecule has 0 saturated heterocycles. The van der Waals surface area contributed by atoms with Crippen LogP contribution in [0.5, 0.6) is 0 Å². The molecular weight excluding hydrogens is 232 g/mol. The molecule has 1 amide bonds. The summed E-state index contributed by atoms with van der Waals surface area (Å²) in [7, 11) is 0. The molecule has 4 heteroatoms. The highest BCUT2D eigenvalue weighted by Crippen LogP contribution is 2.48. The van der Waals surface area contributed by atoms with Crippen LogP contribution < -0.4 is 5.43 Å². The summed E-state index contributed by atoms with van der Waals surface area (Å²) in [6.07, 6.45) is 6.61. The molecule has 2 bridgehead atoms. The summed E-state index contributed by atoms with van der Waals surface area (Å²) in [5.41, 5.74) is 2.68. The molecule has 3 nitrogen and oxygen atoms in total. The van der Waals surface area contributed by atoms with Crippen LogP contribution in [0.1, 0.15) is 30.6 Å². The van der Waals surface area contributed by atoms with Crippen LogP contribution >= 0.6 is 11.3 Å². The Morgan fingerprint density at radius 2 is 2.41 bits per heavy atom. The largest absolute Gasteiger partial charge is 0.273 e. The number of nitrogens with zero attached hydrogens (tertiary/aromatic N) is 1. The average Bonchev–Trinajstić information content (AvgIpc) is 3.05. The maximum Gasteiger partial charge on any atom is 0.243 e. The Bertz CT molecular complexity index is 427. The van der Waals surface area contributed by atoms with Crippen LogP contribution in [0.3, 0.4) is 0 Å². The van der Waals surface area contributed by atoms with Gasteiger partial charge in [-0.2, -0.15) is 5.10 Å². The van der Waals surface area contributed by atoms with Crippen molar-refractivity contribution in [2.45, 2.75) is 25.7 Å². The fraction of sp³-hybridized carbons (Fsp3) is 0.538. The fourth-order valence-corrected chi connectivity index (χ4v) is 3.76. The zero-order valence-corrected chi connectivity index (χ0v) is 10.5. The molecule has 1 heterocycles. The lowest BCUT2D eigenvalue weighted by atomic mass is 9.88. The van der Waals surface area contributed by atoms with E-state index in [1.54, 1.807) is 17.6 Å². The smallest absolute Gasteiger partial charge is 0.243 e. The van der Waals surface area contributed by atoms with E-state index < -0.39 is 0 Å². The Balaban J connectivity index is 1.54. The summed E-state index contributed by atoms with van der Waals surface area (Å²) in [5.74, 6) is 1.76. The first-order valence-corrected chi connectivity index (χ1v) is 7.07. The van der Waals surface area contributed by atoms with Crippen LogP contribution in [-0.2, 0) is 4.79 Å². The maximum atomic E-state index is 11.9. The normalized spacial score (nSPS) is 31.2. The van der Waals surface area contributed by atoms with Crippen LogP contribution in [-0.4, -0.2) is 12.1 Å². The molecule has 0 aromatic carbocycles. The Kier molecular flexibility index (Phi) is 2.97. The van der Waals surface area contributed by atoms with Crippen LogP contribution in [0.25, 0.3) is 0 Å². The van der Waals surface area contributed by atoms with Crippen molar-refractivity contribution < 1.29 is 4.79 Å². The van der Waals surface area contributed by atoms with Gasteiger partial charge < -0.3 is 0 Å². The molecular formula is C13H16N2OS. The van der Waals surface area contributed by atoms with Gasteiger partial charge >= 0.3 is 0 Å². The van der Waals surface area contributed by atoms with Crippen molar-refractivity contribution in [3.63, 3.8) is 0 Å². The van der Waals surface area contributed by atoms with Gasteiger partial charge in [-0.15, -0.1) is 11.3 Å². The number of rotatable bonds is 3. The van der Waals surface area contributed by atoms with Crippen LogP contribution in [0.2, 0.25) is 0 Å². The fourth-order valence-electron chi connectivity index (χ4n) is 3.17. The zero-order chi connectivity index (χ0) is 11.7. The molecule has 3 rings (SSSR count). The first-order chi connectivity index (χ1) is 8.33. The molecule has 17 heavy (non-hydrogen) atoms. The van der Waals surface area contributed by atoms with Crippen molar-refractivity contribution in [2.24, 2.45) is 22.9 Å². The Labute approximate surface area is 105 Å². The van der Waals surface area contributed by atoms with E-state index in [0.717, 1.165) is 17.2 Å². The molecule has 3 atom stereocenters. The topological polar surface area (TPSA) is 41.5 Å². The highest BCUT2D eigenvalue weighted by molar-refractivity contribution is 7.11. The van der Waals surface area contributed by atoms with Gasteiger partial charge in [0.25, 0.3) is 0 Å². The molecule has 2 saturated carbocycles. The van der Waals surface area contributed by atoms with Gasteiger partial charge in [-0.3, -0.25) is 4.79 Å². The second kappa shape index (κ2) is 4.61. The summed E-state index contributed by atoms with van der Waals surface area (Å²) >= 11 is 1.62. The van der Waals surface area contributed by atoms with Crippen LogP contribution in [0.4, 0.5) is 0 Å². The number of thiophene rings is 1. The molecule has 2 aliphatic carbocycles. The van der Waals surface area contributed by atoms with Gasteiger partial charge in [-0.25, -0.2) is 5.43 Å². The van der Waals surface area contributed by atoms with E-state index in [-0.39, 0.29) is 11.8 Å². The standard InChI is InChI=1S/C13H16N2OS/c16-13(12-7-9-3-4-10(12)6-9)15-14-8-11-2-1-5-17-11/h1-2,5,8-10,12H,3-4,6-7H2,(H,15,16)/t9-,10-,12+/m0/s1. The van der Waals surface area contributed by atoms with E-state index in [9.17, 15) is 4.79 Å². The first kappa shape index (κ1) is 11.0. The number of amides is 1. The van der Waals surface area contributed by atoms with Gasteiger partial charge in [0, 0.05) is 10.8 Å². The molecule has 0 spiro atoms. The van der Waals surface area contributed by atoms with E-state index in [1.165, 1.54) is 19.3 Å². The molecule has 0 aliphatic heterocycles. The third-order valence-electron chi connectivity index (χ3n) is 3.98. The second-order valence-corrected chi connectivity index (χ2v) is 6.01. The molecule has 1 aromatic rings. The average molecular weight is 248 g/mol. The van der Waals surface area contributed by atoms with Crippen molar-refractivity contribution in [2.75, 3.05) is 0 Å². The van der Waals surface area contributed by atoms with Crippen molar-refractivity contribution in [3.8, 4) is 0 Å². The summed E-state index contributed by atoms with van der Waals surface area (Å²) in [6.45, 7) is 0. The minimum absolute atomic E-state index is 0.116. The summed E-state index contributed by atoms with van der Waals surface area (Å²) < 4.78 is 0. The van der Waals surface area contributed by atoms with E-state index in [1.807, 2.05) is 17.5 Å². The van der Waals surface area contributed by atoms with Gasteiger partial charge in [0.05, 0.1) is 6.21 Å². The lowest BCUT2D eigenvalue weighted by molar-refractivity contribution is -0.126. The van der Waals surface area contributed by atoms with Gasteiger partial charge in [0.2, 0.25) is 5.91 Å². The predicted molar refractivity (Wildman–Crippen MR) is 69.0 cm³/mol. The SMILES string of the molecule is O=C(NN=Cc1cccs1)[C@@H]1C[C@H]2CC[C@H]1C2. The van der Waals surface area contributed by atoms with Crippen LogP contribution in [0, 0.1) is 17.8 Å². The van der Waals surface area contributed by atoms with E-state index in [0.29, 0.717) is 5.92 Å². The highest BCUT2D eigenvalue weighted by atomic mass is 32.1. The third kappa shape index (κ3) is 2.27. The molecule has 0 radical (unpaired) electrons. The first-order valence-electron chi connectivity index (χ1n) is 6.19. The van der Waals surface area contributed by atoms with Crippen molar-refractivity contribution in [3.05, 3.63) is 22.4 Å². The number of nitrogens with one attached hydrogen (secondary N) is 1. The Morgan fingerprint density at radius 1 is 1.47 bits per heavy atom. The van der Waals surface area contributed by atoms with Crippen LogP contribution in [0.15, 0.2) is 22.6 Å². The Hall–Kier alpha value is -1.16. The molecule has 2 fully saturated rings. The van der Waals surface area contributed by atoms with E-state index in [2.05, 4.69) is 10.5 Å². The van der Waals surface area contributed by atoms with E-state index in [4.69, 9.17) is 0 Å². The lowest BCUT2D eigenvalue weighted by Crippen LogP contribution is -2.30. The Morgan fingerprint density at radius 3 is 3.06 bits per heavy atom. The number of carbonyl (C=O) groups is 1. The number of carbonyl (C=O) groups excluding carboxylic acids is 1. The van der Waals surface area contributed by atoms with Crippen molar-refractivity contribution in [1.82, 2.24) is 5.43 Å². The van der Waals surface area contributed by atoms with Gasteiger partial charge in [0.15, 0.2) is 0 Å². The number of hydrogen-bond donors (Lipinski definition) is 1. The second-order valence-electron chi connectivity index (χ2n) is 5.03. The summed E-state index contributed by atoms with van der Waals surface area (Å²) in [6, 6.07) is 3.96.